The number of nitrogens with zero attached hydrogens (tertiary/aromatic N) is 2. The van der Waals surface area contributed by atoms with Crippen molar-refractivity contribution < 1.29 is 24.0 Å². The van der Waals surface area contributed by atoms with Crippen molar-refractivity contribution in [1.29, 1.82) is 0 Å². The molecule has 9 heteroatoms. The van der Waals surface area contributed by atoms with Crippen LogP contribution in [0.2, 0.25) is 0 Å². The first kappa shape index (κ1) is 21.9. The zero-order chi connectivity index (χ0) is 22.4. The standard InChI is InChI=1S/C22H23N3O6/c1-15(21(27)23-18-7-9-19(10-8-18)25(29)30)31-22(28)17-13-20(26)24(14-17)12-11-16-5-3-2-4-6-16/h2-10,15,17H,11-14H2,1H3,(H,23,27). The lowest BCUT2D eigenvalue weighted by molar-refractivity contribution is -0.384. The van der Waals surface area contributed by atoms with E-state index in [2.05, 4.69) is 5.32 Å². The molecule has 31 heavy (non-hydrogen) atoms. The van der Waals surface area contributed by atoms with Crippen molar-refractivity contribution in [3.05, 3.63) is 70.3 Å². The van der Waals surface area contributed by atoms with Gasteiger partial charge in [0.15, 0.2) is 6.10 Å². The lowest BCUT2D eigenvalue weighted by Gasteiger charge is -2.18. The highest BCUT2D eigenvalue weighted by atomic mass is 16.6. The summed E-state index contributed by atoms with van der Waals surface area (Å²) in [5.74, 6) is -1.88. The van der Waals surface area contributed by atoms with Crippen LogP contribution < -0.4 is 5.32 Å². The van der Waals surface area contributed by atoms with Gasteiger partial charge >= 0.3 is 5.97 Å². The molecule has 0 aliphatic carbocycles. The Morgan fingerprint density at radius 1 is 1.19 bits per heavy atom. The number of esters is 1. The van der Waals surface area contributed by atoms with Crippen LogP contribution in [0.5, 0.6) is 0 Å². The molecular formula is C22H23N3O6. The minimum atomic E-state index is -1.07. The third kappa shape index (κ3) is 5.88. The number of carbonyl (C=O) groups is 3. The molecule has 0 radical (unpaired) electrons. The van der Waals surface area contributed by atoms with Gasteiger partial charge in [-0.25, -0.2) is 0 Å². The van der Waals surface area contributed by atoms with Gasteiger partial charge in [-0.05, 0) is 31.0 Å². The second-order valence-electron chi connectivity index (χ2n) is 7.35. The first-order valence-corrected chi connectivity index (χ1v) is 9.91. The Kier molecular flexibility index (Phi) is 6.96. The van der Waals surface area contributed by atoms with Crippen LogP contribution in [0, 0.1) is 16.0 Å². The molecule has 0 aromatic heterocycles. The fraction of sp³-hybridized carbons (Fsp3) is 0.318. The fourth-order valence-electron chi connectivity index (χ4n) is 3.29. The molecule has 0 saturated carbocycles. The van der Waals surface area contributed by atoms with Gasteiger partial charge in [0.2, 0.25) is 5.91 Å². The molecule has 2 aromatic carbocycles. The van der Waals surface area contributed by atoms with E-state index in [1.165, 1.54) is 31.2 Å². The Morgan fingerprint density at radius 3 is 2.52 bits per heavy atom. The number of benzene rings is 2. The maximum Gasteiger partial charge on any atom is 0.312 e. The summed E-state index contributed by atoms with van der Waals surface area (Å²) in [5.41, 5.74) is 1.36. The number of amides is 2. The molecular weight excluding hydrogens is 402 g/mol. The topological polar surface area (TPSA) is 119 Å². The normalized spacial score (nSPS) is 16.6. The van der Waals surface area contributed by atoms with E-state index in [0.717, 1.165) is 5.56 Å². The van der Waals surface area contributed by atoms with E-state index < -0.39 is 28.8 Å². The number of hydrogen-bond acceptors (Lipinski definition) is 6. The highest BCUT2D eigenvalue weighted by Crippen LogP contribution is 2.21. The molecule has 162 valence electrons. The van der Waals surface area contributed by atoms with Gasteiger partial charge < -0.3 is 15.0 Å². The van der Waals surface area contributed by atoms with Gasteiger partial charge in [0, 0.05) is 37.3 Å². The number of non-ortho nitro benzene ring substituents is 1. The van der Waals surface area contributed by atoms with E-state index in [-0.39, 0.29) is 24.6 Å². The Morgan fingerprint density at radius 2 is 1.87 bits per heavy atom. The third-order valence-electron chi connectivity index (χ3n) is 5.07. The highest BCUT2D eigenvalue weighted by molar-refractivity contribution is 5.95. The van der Waals surface area contributed by atoms with Crippen molar-refractivity contribution in [2.75, 3.05) is 18.4 Å². The number of nitro groups is 1. The Labute approximate surface area is 179 Å². The van der Waals surface area contributed by atoms with Crippen molar-refractivity contribution in [2.24, 2.45) is 5.92 Å². The minimum Gasteiger partial charge on any atom is -0.452 e. The monoisotopic (exact) mass is 425 g/mol. The van der Waals surface area contributed by atoms with Crippen LogP contribution in [-0.2, 0) is 25.5 Å². The number of carbonyl (C=O) groups excluding carboxylic acids is 3. The number of rotatable bonds is 8. The summed E-state index contributed by atoms with van der Waals surface area (Å²) in [7, 11) is 0. The molecule has 0 bridgehead atoms. The summed E-state index contributed by atoms with van der Waals surface area (Å²) in [4.78, 5) is 48.7. The Balaban J connectivity index is 1.48. The number of nitro benzene ring substituents is 1. The first-order chi connectivity index (χ1) is 14.8. The van der Waals surface area contributed by atoms with Crippen molar-refractivity contribution >= 4 is 29.2 Å². The molecule has 1 aliphatic heterocycles. The predicted molar refractivity (Wildman–Crippen MR) is 112 cm³/mol. The zero-order valence-corrected chi connectivity index (χ0v) is 17.0. The number of ether oxygens (including phenoxy) is 1. The van der Waals surface area contributed by atoms with Gasteiger partial charge in [-0.15, -0.1) is 0 Å². The summed E-state index contributed by atoms with van der Waals surface area (Å²) < 4.78 is 5.25. The van der Waals surface area contributed by atoms with Crippen molar-refractivity contribution in [2.45, 2.75) is 25.9 Å². The predicted octanol–water partition coefficient (Wildman–Crippen LogP) is 2.56. The Bertz CT molecular complexity index is 961. The lowest BCUT2D eigenvalue weighted by atomic mass is 10.1. The van der Waals surface area contributed by atoms with Crippen LogP contribution in [0.3, 0.4) is 0 Å². The molecule has 1 heterocycles. The number of anilines is 1. The number of hydrogen-bond donors (Lipinski definition) is 1. The van der Waals surface area contributed by atoms with Crippen LogP contribution in [0.1, 0.15) is 18.9 Å². The molecule has 2 unspecified atom stereocenters. The van der Waals surface area contributed by atoms with Gasteiger partial charge in [0.25, 0.3) is 11.6 Å². The molecule has 3 rings (SSSR count). The molecule has 1 aliphatic rings. The average molecular weight is 425 g/mol. The van der Waals surface area contributed by atoms with E-state index in [0.29, 0.717) is 18.7 Å². The highest BCUT2D eigenvalue weighted by Gasteiger charge is 2.36. The molecule has 2 aromatic rings. The van der Waals surface area contributed by atoms with Crippen LogP contribution in [0.4, 0.5) is 11.4 Å². The maximum absolute atomic E-state index is 12.4. The quantitative estimate of drug-likeness (QED) is 0.394. The van der Waals surface area contributed by atoms with Crippen molar-refractivity contribution in [3.8, 4) is 0 Å². The average Bonchev–Trinajstić information content (AvgIpc) is 3.14. The number of nitrogens with one attached hydrogen (secondary N) is 1. The van der Waals surface area contributed by atoms with E-state index in [4.69, 9.17) is 4.74 Å². The van der Waals surface area contributed by atoms with Crippen molar-refractivity contribution in [3.63, 3.8) is 0 Å². The molecule has 1 fully saturated rings. The molecule has 1 N–H and O–H groups in total. The second-order valence-corrected chi connectivity index (χ2v) is 7.35. The minimum absolute atomic E-state index is 0.0598. The largest absolute Gasteiger partial charge is 0.452 e. The smallest absolute Gasteiger partial charge is 0.312 e. The first-order valence-electron chi connectivity index (χ1n) is 9.91. The zero-order valence-electron chi connectivity index (χ0n) is 17.0. The lowest BCUT2D eigenvalue weighted by Crippen LogP contribution is -2.33. The Hall–Kier alpha value is -3.75. The fourth-order valence-corrected chi connectivity index (χ4v) is 3.29. The van der Waals surface area contributed by atoms with E-state index in [9.17, 15) is 24.5 Å². The number of likely N-dealkylation sites (tertiary alicyclic amines) is 1. The molecule has 0 spiro atoms. The van der Waals surface area contributed by atoms with E-state index in [1.54, 1.807) is 4.90 Å². The summed E-state index contributed by atoms with van der Waals surface area (Å²) in [5, 5.41) is 13.2. The summed E-state index contributed by atoms with van der Waals surface area (Å²) in [6.07, 6.45) is -0.316. The molecule has 1 saturated heterocycles. The van der Waals surface area contributed by atoms with Crippen LogP contribution in [-0.4, -0.2) is 46.8 Å². The van der Waals surface area contributed by atoms with Gasteiger partial charge in [0.05, 0.1) is 10.8 Å². The third-order valence-corrected chi connectivity index (χ3v) is 5.07. The van der Waals surface area contributed by atoms with Crippen molar-refractivity contribution in [1.82, 2.24) is 4.90 Å². The van der Waals surface area contributed by atoms with Gasteiger partial charge in [0.1, 0.15) is 0 Å². The van der Waals surface area contributed by atoms with E-state index in [1.807, 2.05) is 30.3 Å². The van der Waals surface area contributed by atoms with Crippen LogP contribution in [0.25, 0.3) is 0 Å². The SMILES string of the molecule is CC(OC(=O)C1CC(=O)N(CCc2ccccc2)C1)C(=O)Nc1ccc([N+](=O)[O-])cc1. The van der Waals surface area contributed by atoms with Gasteiger partial charge in [-0.3, -0.25) is 24.5 Å². The summed E-state index contributed by atoms with van der Waals surface area (Å²) in [6, 6.07) is 15.1. The second kappa shape index (κ2) is 9.84. The van der Waals surface area contributed by atoms with Crippen LogP contribution in [0.15, 0.2) is 54.6 Å². The summed E-state index contributed by atoms with van der Waals surface area (Å²) in [6.45, 7) is 2.21. The van der Waals surface area contributed by atoms with E-state index >= 15 is 0 Å². The maximum atomic E-state index is 12.4. The summed E-state index contributed by atoms with van der Waals surface area (Å²) >= 11 is 0. The van der Waals surface area contributed by atoms with Gasteiger partial charge in [-0.2, -0.15) is 0 Å². The molecule has 9 nitrogen and oxygen atoms in total. The van der Waals surface area contributed by atoms with Gasteiger partial charge in [-0.1, -0.05) is 30.3 Å². The molecule has 2 amide bonds. The molecule has 2 atom stereocenters. The van der Waals surface area contributed by atoms with Crippen LogP contribution >= 0.6 is 0 Å².